The van der Waals surface area contributed by atoms with E-state index in [0.717, 1.165) is 31.4 Å². The van der Waals surface area contributed by atoms with Crippen molar-refractivity contribution in [2.75, 3.05) is 6.54 Å². The number of carbonyl (C=O) groups is 2. The highest BCUT2D eigenvalue weighted by Gasteiger charge is 2.39. The first kappa shape index (κ1) is 14.6. The number of rotatable bonds is 5. The van der Waals surface area contributed by atoms with Gasteiger partial charge in [0, 0.05) is 13.0 Å². The van der Waals surface area contributed by atoms with Crippen molar-refractivity contribution in [1.82, 2.24) is 5.32 Å². The number of hydrogen-bond donors (Lipinski definition) is 2. The van der Waals surface area contributed by atoms with Gasteiger partial charge in [-0.1, -0.05) is 26.2 Å². The highest BCUT2D eigenvalue weighted by molar-refractivity contribution is 5.92. The van der Waals surface area contributed by atoms with E-state index in [1.807, 2.05) is 6.92 Å². The van der Waals surface area contributed by atoms with Crippen molar-refractivity contribution >= 4 is 11.9 Å². The SMILES string of the molecule is CCc1ccc(C(=O)NCC2(C(=O)O)CCCCC2)o1. The second kappa shape index (κ2) is 6.11. The number of aryl methyl sites for hydroxylation is 1. The quantitative estimate of drug-likeness (QED) is 0.868. The molecule has 1 aliphatic carbocycles. The molecule has 1 fully saturated rings. The smallest absolute Gasteiger partial charge is 0.311 e. The maximum atomic E-state index is 12.0. The average Bonchev–Trinajstić information content (AvgIpc) is 2.94. The van der Waals surface area contributed by atoms with Crippen LogP contribution in [0.1, 0.15) is 55.3 Å². The maximum Gasteiger partial charge on any atom is 0.311 e. The molecule has 20 heavy (non-hydrogen) atoms. The third-order valence-corrected chi connectivity index (χ3v) is 4.09. The number of carbonyl (C=O) groups excluding carboxylic acids is 1. The number of amides is 1. The number of carboxylic acids is 1. The fraction of sp³-hybridized carbons (Fsp3) is 0.600. The summed E-state index contributed by atoms with van der Waals surface area (Å²) in [6.07, 6.45) is 4.86. The highest BCUT2D eigenvalue weighted by atomic mass is 16.4. The van der Waals surface area contributed by atoms with Gasteiger partial charge in [-0.15, -0.1) is 0 Å². The standard InChI is InChI=1S/C15H21NO4/c1-2-11-6-7-12(20-11)13(17)16-10-15(14(18)19)8-4-3-5-9-15/h6-7H,2-5,8-10H2,1H3,(H,16,17)(H,18,19). The fourth-order valence-electron chi connectivity index (χ4n) is 2.72. The van der Waals surface area contributed by atoms with Crippen LogP contribution in [0.2, 0.25) is 0 Å². The second-order valence-electron chi connectivity index (χ2n) is 5.45. The van der Waals surface area contributed by atoms with E-state index < -0.39 is 11.4 Å². The molecule has 2 N–H and O–H groups in total. The monoisotopic (exact) mass is 279 g/mol. The van der Waals surface area contributed by atoms with E-state index in [1.54, 1.807) is 12.1 Å². The third-order valence-electron chi connectivity index (χ3n) is 4.09. The molecule has 5 nitrogen and oxygen atoms in total. The Morgan fingerprint density at radius 1 is 1.30 bits per heavy atom. The van der Waals surface area contributed by atoms with Crippen LogP contribution >= 0.6 is 0 Å². The topological polar surface area (TPSA) is 79.5 Å². The molecule has 0 saturated heterocycles. The summed E-state index contributed by atoms with van der Waals surface area (Å²) in [5, 5.41) is 12.2. The lowest BCUT2D eigenvalue weighted by atomic mass is 9.74. The molecule has 1 aliphatic rings. The molecule has 0 atom stereocenters. The van der Waals surface area contributed by atoms with Crippen LogP contribution in [-0.4, -0.2) is 23.5 Å². The molecular formula is C15H21NO4. The Bertz CT molecular complexity index is 486. The molecule has 0 radical (unpaired) electrons. The molecular weight excluding hydrogens is 258 g/mol. The Morgan fingerprint density at radius 3 is 2.55 bits per heavy atom. The van der Waals surface area contributed by atoms with Gasteiger partial charge in [-0.2, -0.15) is 0 Å². The Hall–Kier alpha value is -1.78. The lowest BCUT2D eigenvalue weighted by molar-refractivity contribution is -0.150. The van der Waals surface area contributed by atoms with Crippen LogP contribution in [0.25, 0.3) is 0 Å². The summed E-state index contributed by atoms with van der Waals surface area (Å²) in [6.45, 7) is 2.12. The van der Waals surface area contributed by atoms with E-state index in [4.69, 9.17) is 4.42 Å². The zero-order chi connectivity index (χ0) is 14.6. The molecule has 2 rings (SSSR count). The van der Waals surface area contributed by atoms with Gasteiger partial charge in [-0.05, 0) is 25.0 Å². The number of aliphatic carboxylic acids is 1. The van der Waals surface area contributed by atoms with Gasteiger partial charge in [0.2, 0.25) is 0 Å². The summed E-state index contributed by atoms with van der Waals surface area (Å²) in [6, 6.07) is 3.39. The molecule has 0 spiro atoms. The first-order chi connectivity index (χ1) is 9.57. The number of nitrogens with one attached hydrogen (secondary N) is 1. The van der Waals surface area contributed by atoms with Crippen LogP contribution in [0.5, 0.6) is 0 Å². The molecule has 1 aromatic heterocycles. The largest absolute Gasteiger partial charge is 0.481 e. The lowest BCUT2D eigenvalue weighted by Gasteiger charge is -2.33. The lowest BCUT2D eigenvalue weighted by Crippen LogP contribution is -2.44. The highest BCUT2D eigenvalue weighted by Crippen LogP contribution is 2.36. The molecule has 5 heteroatoms. The minimum Gasteiger partial charge on any atom is -0.481 e. The van der Waals surface area contributed by atoms with Crippen LogP contribution in [0.15, 0.2) is 16.5 Å². The van der Waals surface area contributed by atoms with Crippen LogP contribution in [0.4, 0.5) is 0 Å². The van der Waals surface area contributed by atoms with E-state index in [2.05, 4.69) is 5.32 Å². The van der Waals surface area contributed by atoms with Gasteiger partial charge in [0.1, 0.15) is 5.76 Å². The van der Waals surface area contributed by atoms with E-state index in [9.17, 15) is 14.7 Å². The summed E-state index contributed by atoms with van der Waals surface area (Å²) in [5.41, 5.74) is -0.811. The van der Waals surface area contributed by atoms with Crippen molar-refractivity contribution in [1.29, 1.82) is 0 Å². The zero-order valence-electron chi connectivity index (χ0n) is 11.8. The van der Waals surface area contributed by atoms with Crippen LogP contribution in [0.3, 0.4) is 0 Å². The van der Waals surface area contributed by atoms with Gasteiger partial charge in [0.05, 0.1) is 5.41 Å². The van der Waals surface area contributed by atoms with Gasteiger partial charge < -0.3 is 14.8 Å². The molecule has 0 aliphatic heterocycles. The van der Waals surface area contributed by atoms with Crippen molar-refractivity contribution < 1.29 is 19.1 Å². The molecule has 0 bridgehead atoms. The molecule has 1 amide bonds. The Morgan fingerprint density at radius 2 is 2.00 bits per heavy atom. The van der Waals surface area contributed by atoms with E-state index in [0.29, 0.717) is 12.8 Å². The molecule has 1 aromatic rings. The summed E-state index contributed by atoms with van der Waals surface area (Å²) in [7, 11) is 0. The van der Waals surface area contributed by atoms with Crippen molar-refractivity contribution in [3.8, 4) is 0 Å². The zero-order valence-corrected chi connectivity index (χ0v) is 11.8. The summed E-state index contributed by atoms with van der Waals surface area (Å²) >= 11 is 0. The summed E-state index contributed by atoms with van der Waals surface area (Å²) in [5.74, 6) is -0.152. The number of carboxylic acid groups (broad SMARTS) is 1. The second-order valence-corrected chi connectivity index (χ2v) is 5.45. The molecule has 1 saturated carbocycles. The third kappa shape index (κ3) is 3.03. The summed E-state index contributed by atoms with van der Waals surface area (Å²) < 4.78 is 5.37. The van der Waals surface area contributed by atoms with Crippen LogP contribution in [-0.2, 0) is 11.2 Å². The first-order valence-electron chi connectivity index (χ1n) is 7.18. The Labute approximate surface area is 118 Å². The predicted molar refractivity (Wildman–Crippen MR) is 73.6 cm³/mol. The van der Waals surface area contributed by atoms with Gasteiger partial charge in [-0.25, -0.2) is 0 Å². The van der Waals surface area contributed by atoms with Gasteiger partial charge >= 0.3 is 5.97 Å². The average molecular weight is 279 g/mol. The van der Waals surface area contributed by atoms with Crippen molar-refractivity contribution in [2.45, 2.75) is 45.4 Å². The predicted octanol–water partition coefficient (Wildman–Crippen LogP) is 2.61. The maximum absolute atomic E-state index is 12.0. The van der Waals surface area contributed by atoms with Gasteiger partial charge in [0.25, 0.3) is 5.91 Å². The van der Waals surface area contributed by atoms with E-state index >= 15 is 0 Å². The number of hydrogen-bond acceptors (Lipinski definition) is 3. The van der Waals surface area contributed by atoms with E-state index in [1.165, 1.54) is 0 Å². The van der Waals surface area contributed by atoms with Crippen LogP contribution < -0.4 is 5.32 Å². The summed E-state index contributed by atoms with van der Waals surface area (Å²) in [4.78, 5) is 23.5. The van der Waals surface area contributed by atoms with Gasteiger partial charge in [0.15, 0.2) is 5.76 Å². The normalized spacial score (nSPS) is 17.6. The molecule has 1 heterocycles. The molecule has 110 valence electrons. The minimum absolute atomic E-state index is 0.170. The number of furan rings is 1. The van der Waals surface area contributed by atoms with Crippen LogP contribution in [0, 0.1) is 5.41 Å². The fourth-order valence-corrected chi connectivity index (χ4v) is 2.72. The Kier molecular flexibility index (Phi) is 4.47. The molecule has 0 aromatic carbocycles. The van der Waals surface area contributed by atoms with Crippen molar-refractivity contribution in [3.05, 3.63) is 23.7 Å². The van der Waals surface area contributed by atoms with E-state index in [-0.39, 0.29) is 18.2 Å². The molecule has 0 unspecified atom stereocenters. The first-order valence-corrected chi connectivity index (χ1v) is 7.18. The van der Waals surface area contributed by atoms with Crippen molar-refractivity contribution in [2.24, 2.45) is 5.41 Å². The Balaban J connectivity index is 1.98. The van der Waals surface area contributed by atoms with Gasteiger partial charge in [-0.3, -0.25) is 9.59 Å². The minimum atomic E-state index is -0.814. The van der Waals surface area contributed by atoms with Crippen molar-refractivity contribution in [3.63, 3.8) is 0 Å².